The summed E-state index contributed by atoms with van der Waals surface area (Å²) < 4.78 is 2.06. The number of nitrogens with two attached hydrogens (primary N) is 2. The Kier molecular flexibility index (Phi) is 7.95. The molecule has 0 aliphatic rings. The molecule has 0 aliphatic carbocycles. The van der Waals surface area contributed by atoms with Crippen LogP contribution in [0.15, 0.2) is 78.9 Å². The topological polar surface area (TPSA) is 182 Å². The third-order valence-corrected chi connectivity index (χ3v) is 7.43. The second-order valence-electron chi connectivity index (χ2n) is 10.8. The predicted octanol–water partition coefficient (Wildman–Crippen LogP) is 4.16. The van der Waals surface area contributed by atoms with Gasteiger partial charge in [-0.3, -0.25) is 20.2 Å². The molecule has 4 aromatic carbocycles. The second-order valence-corrected chi connectivity index (χ2v) is 10.8. The summed E-state index contributed by atoms with van der Waals surface area (Å²) in [5, 5.41) is 36.8. The van der Waals surface area contributed by atoms with Crippen molar-refractivity contribution in [2.24, 2.45) is 11.5 Å². The van der Waals surface area contributed by atoms with Crippen LogP contribution in [-0.4, -0.2) is 51.4 Å². The van der Waals surface area contributed by atoms with Gasteiger partial charge in [0.1, 0.15) is 23.2 Å². The Bertz CT molecular complexity index is 1930. The molecule has 0 radical (unpaired) electrons. The van der Waals surface area contributed by atoms with Gasteiger partial charge in [0, 0.05) is 42.0 Å². The van der Waals surface area contributed by atoms with Gasteiger partial charge in [0.15, 0.2) is 0 Å². The number of carbonyl (C=O) groups is 1. The van der Waals surface area contributed by atoms with Gasteiger partial charge in [-0.15, -0.1) is 0 Å². The average Bonchev–Trinajstić information content (AvgIpc) is 3.37. The van der Waals surface area contributed by atoms with Gasteiger partial charge >= 0.3 is 0 Å². The van der Waals surface area contributed by atoms with Crippen LogP contribution in [0.25, 0.3) is 16.7 Å². The highest BCUT2D eigenvalue weighted by atomic mass is 16.3. The van der Waals surface area contributed by atoms with Crippen LogP contribution in [0.4, 0.5) is 11.6 Å². The molecule has 0 spiro atoms. The molecule has 0 bridgehead atoms. The zero-order chi connectivity index (χ0) is 31.7. The van der Waals surface area contributed by atoms with E-state index in [0.29, 0.717) is 27.9 Å². The van der Waals surface area contributed by atoms with Gasteiger partial charge in [-0.1, -0.05) is 12.1 Å². The van der Waals surface area contributed by atoms with E-state index >= 15 is 0 Å². The molecule has 5 rings (SSSR count). The summed E-state index contributed by atoms with van der Waals surface area (Å²) in [6.45, 7) is 1.92. The first-order valence-corrected chi connectivity index (χ1v) is 13.8. The maximum Gasteiger partial charge on any atom is 0.231 e. The number of amidine groups is 2. The van der Waals surface area contributed by atoms with Gasteiger partial charge in [0.2, 0.25) is 11.9 Å². The Balaban J connectivity index is 1.60. The fourth-order valence-electron chi connectivity index (χ4n) is 5.14. The van der Waals surface area contributed by atoms with Gasteiger partial charge in [-0.05, 0) is 79.2 Å². The largest absolute Gasteiger partial charge is 0.508 e. The highest BCUT2D eigenvalue weighted by Gasteiger charge is 2.23. The first-order valence-electron chi connectivity index (χ1n) is 13.8. The lowest BCUT2D eigenvalue weighted by molar-refractivity contribution is -0.118. The fourth-order valence-corrected chi connectivity index (χ4v) is 5.14. The highest BCUT2D eigenvalue weighted by molar-refractivity contribution is 5.98. The summed E-state index contributed by atoms with van der Waals surface area (Å²) in [4.78, 5) is 22.2. The number of nitrogens with zero attached hydrogens (tertiary/aromatic N) is 4. The molecule has 8 N–H and O–H groups in total. The molecule has 1 heterocycles. The number of phenols is 2. The van der Waals surface area contributed by atoms with Crippen molar-refractivity contribution in [3.63, 3.8) is 0 Å². The molecule has 5 aromatic rings. The molecule has 224 valence electrons. The van der Waals surface area contributed by atoms with Crippen LogP contribution in [0.2, 0.25) is 0 Å². The Labute approximate surface area is 254 Å². The molecule has 0 saturated heterocycles. The lowest BCUT2D eigenvalue weighted by Gasteiger charge is -2.26. The molecule has 0 aliphatic heterocycles. The van der Waals surface area contributed by atoms with E-state index in [1.165, 1.54) is 35.2 Å². The minimum absolute atomic E-state index is 0.0330. The first kappa shape index (κ1) is 29.6. The number of benzene rings is 4. The summed E-state index contributed by atoms with van der Waals surface area (Å²) in [5.41, 5.74) is 16.9. The summed E-state index contributed by atoms with van der Waals surface area (Å²) in [6.07, 6.45) is -0.197. The number of aromatic nitrogens is 2. The van der Waals surface area contributed by atoms with E-state index < -0.39 is 0 Å². The zero-order valence-electron chi connectivity index (χ0n) is 24.7. The van der Waals surface area contributed by atoms with Crippen LogP contribution in [0.5, 0.6) is 11.5 Å². The summed E-state index contributed by atoms with van der Waals surface area (Å²) in [6, 6.07) is 22.5. The number of nitrogens with one attached hydrogen (secondary N) is 2. The van der Waals surface area contributed by atoms with Crippen molar-refractivity contribution in [2.45, 2.75) is 19.9 Å². The number of nitrogen functional groups attached to an aromatic ring is 2. The Morgan fingerprint density at radius 1 is 0.864 bits per heavy atom. The van der Waals surface area contributed by atoms with Gasteiger partial charge in [0.25, 0.3) is 0 Å². The van der Waals surface area contributed by atoms with Crippen molar-refractivity contribution in [2.75, 3.05) is 23.9 Å². The van der Waals surface area contributed by atoms with Gasteiger partial charge in [0.05, 0.1) is 29.7 Å². The van der Waals surface area contributed by atoms with E-state index in [9.17, 15) is 15.0 Å². The molecule has 11 heteroatoms. The number of amides is 1. The van der Waals surface area contributed by atoms with E-state index in [2.05, 4.69) is 4.57 Å². The Morgan fingerprint density at radius 2 is 1.48 bits per heavy atom. The fraction of sp³-hybridized carbons (Fsp3) is 0.152. The van der Waals surface area contributed by atoms with Crippen molar-refractivity contribution >= 4 is 40.2 Å². The number of carbonyl (C=O) groups excluding carboxylic acids is 1. The van der Waals surface area contributed by atoms with Gasteiger partial charge in [-0.25, -0.2) is 4.98 Å². The van der Waals surface area contributed by atoms with Gasteiger partial charge in [-0.2, -0.15) is 0 Å². The van der Waals surface area contributed by atoms with Crippen LogP contribution >= 0.6 is 0 Å². The van der Waals surface area contributed by atoms with E-state index in [4.69, 9.17) is 27.3 Å². The van der Waals surface area contributed by atoms with Crippen LogP contribution in [0.1, 0.15) is 27.8 Å². The molecule has 1 aromatic heterocycles. The molecule has 0 saturated carbocycles. The number of para-hydroxylation sites is 2. The van der Waals surface area contributed by atoms with Crippen LogP contribution in [-0.2, 0) is 17.8 Å². The van der Waals surface area contributed by atoms with Crippen molar-refractivity contribution in [3.8, 4) is 17.2 Å². The quantitative estimate of drug-likeness (QED) is 0.110. The molecule has 0 unspecified atom stereocenters. The van der Waals surface area contributed by atoms with Crippen molar-refractivity contribution in [3.05, 3.63) is 107 Å². The standard InChI is InChI=1S/C33H34N8O3/c1-19-14-24(10-11-26(19)41-27-7-5-4-6-25(27)38-33(41)39(2)3)40(18-23-16-21(32(36)37)9-13-29(23)43)30(44)17-22-15-20(31(34)35)8-12-28(22)42/h4-16,42-43H,17-18H2,1-3H3,(H3,34,35)(H3,36,37). The number of hydrogen-bond acceptors (Lipinski definition) is 7. The number of aromatic hydroxyl groups is 2. The summed E-state index contributed by atoms with van der Waals surface area (Å²) in [5.74, 6) is -0.122. The lowest BCUT2D eigenvalue weighted by atomic mass is 10.0. The smallest absolute Gasteiger partial charge is 0.231 e. The minimum Gasteiger partial charge on any atom is -0.508 e. The monoisotopic (exact) mass is 590 g/mol. The lowest BCUT2D eigenvalue weighted by Crippen LogP contribution is -2.32. The van der Waals surface area contributed by atoms with E-state index in [0.717, 1.165) is 28.2 Å². The number of imidazole rings is 1. The first-order chi connectivity index (χ1) is 20.9. The average molecular weight is 591 g/mol. The summed E-state index contributed by atoms with van der Waals surface area (Å²) >= 11 is 0. The molecular weight excluding hydrogens is 556 g/mol. The molecule has 44 heavy (non-hydrogen) atoms. The normalized spacial score (nSPS) is 11.0. The maximum atomic E-state index is 14.0. The van der Waals surface area contributed by atoms with Crippen LogP contribution < -0.4 is 21.3 Å². The molecule has 11 nitrogen and oxygen atoms in total. The predicted molar refractivity (Wildman–Crippen MR) is 173 cm³/mol. The number of phenolic OH excluding ortho intramolecular Hbond substituents is 2. The minimum atomic E-state index is -0.372. The number of aryl methyl sites for hydroxylation is 1. The van der Waals surface area contributed by atoms with Crippen molar-refractivity contribution in [1.29, 1.82) is 10.8 Å². The Morgan fingerprint density at radius 3 is 2.09 bits per heavy atom. The van der Waals surface area contributed by atoms with E-state index in [1.54, 1.807) is 6.07 Å². The van der Waals surface area contributed by atoms with Crippen molar-refractivity contribution in [1.82, 2.24) is 9.55 Å². The number of fused-ring (bicyclic) bond motifs is 1. The molecule has 0 fully saturated rings. The third kappa shape index (κ3) is 5.75. The number of hydrogen-bond donors (Lipinski definition) is 6. The second kappa shape index (κ2) is 11.8. The SMILES string of the molecule is Cc1cc(N(Cc2cc(C(=N)N)ccc2O)C(=O)Cc2cc(C(=N)N)ccc2O)ccc1-n1c(N(C)C)nc2ccccc21. The van der Waals surface area contributed by atoms with Crippen molar-refractivity contribution < 1.29 is 15.0 Å². The Hall–Kier alpha value is -5.84. The highest BCUT2D eigenvalue weighted by Crippen LogP contribution is 2.32. The summed E-state index contributed by atoms with van der Waals surface area (Å²) in [7, 11) is 3.86. The number of rotatable bonds is 9. The van der Waals surface area contributed by atoms with Gasteiger partial charge < -0.3 is 31.5 Å². The maximum absolute atomic E-state index is 14.0. The molecule has 1 amide bonds. The third-order valence-electron chi connectivity index (χ3n) is 7.43. The molecule has 0 atom stereocenters. The van der Waals surface area contributed by atoms with Crippen LogP contribution in [0.3, 0.4) is 0 Å². The van der Waals surface area contributed by atoms with E-state index in [1.807, 2.05) is 68.4 Å². The van der Waals surface area contributed by atoms with E-state index in [-0.39, 0.29) is 42.0 Å². The van der Waals surface area contributed by atoms with Crippen LogP contribution in [0, 0.1) is 17.7 Å². The zero-order valence-corrected chi connectivity index (χ0v) is 24.7. The molecular formula is C33H34N8O3. The number of anilines is 2.